The SMILES string of the molecule is Cc1cc(Nc2nccn3c(-c4ccc(O)c(C)c4Cl)cnc23)ccc1C(=O)N1CCC(CN)CC1. The zero-order valence-corrected chi connectivity index (χ0v) is 21.1. The molecule has 8 nitrogen and oxygen atoms in total. The van der Waals surface area contributed by atoms with Gasteiger partial charge in [0.15, 0.2) is 11.5 Å². The van der Waals surface area contributed by atoms with Crippen molar-refractivity contribution in [2.24, 2.45) is 11.7 Å². The highest BCUT2D eigenvalue weighted by Crippen LogP contribution is 2.36. The van der Waals surface area contributed by atoms with E-state index in [1.807, 2.05) is 40.6 Å². The van der Waals surface area contributed by atoms with E-state index in [1.54, 1.807) is 31.5 Å². The molecule has 5 rings (SSSR count). The van der Waals surface area contributed by atoms with Crippen molar-refractivity contribution in [2.45, 2.75) is 26.7 Å². The standard InChI is InChI=1S/C27H29ClN6O2/c1-16-13-19(3-4-20(16)27(36)33-10-7-18(14-29)8-11-33)32-25-26-31-15-22(34(26)12-9-30-25)21-5-6-23(35)17(2)24(21)28/h3-6,9,12-13,15,18,35H,7-8,10-11,14,29H2,1-2H3,(H,30,32). The van der Waals surface area contributed by atoms with Gasteiger partial charge in [-0.25, -0.2) is 9.97 Å². The van der Waals surface area contributed by atoms with E-state index in [2.05, 4.69) is 15.3 Å². The lowest BCUT2D eigenvalue weighted by Crippen LogP contribution is -2.40. The lowest BCUT2D eigenvalue weighted by molar-refractivity contribution is 0.0692. The zero-order valence-electron chi connectivity index (χ0n) is 20.3. The van der Waals surface area contributed by atoms with E-state index < -0.39 is 0 Å². The fourth-order valence-electron chi connectivity index (χ4n) is 4.74. The molecule has 1 aliphatic rings. The first-order chi connectivity index (χ1) is 17.4. The van der Waals surface area contributed by atoms with Gasteiger partial charge in [-0.1, -0.05) is 11.6 Å². The molecule has 0 saturated carbocycles. The van der Waals surface area contributed by atoms with E-state index in [9.17, 15) is 9.90 Å². The fourth-order valence-corrected chi connectivity index (χ4v) is 5.00. The maximum Gasteiger partial charge on any atom is 0.254 e. The number of hydrogen-bond donors (Lipinski definition) is 3. The third-order valence-electron chi connectivity index (χ3n) is 7.02. The number of likely N-dealkylation sites (tertiary alicyclic amines) is 1. The summed E-state index contributed by atoms with van der Waals surface area (Å²) in [6, 6.07) is 9.12. The number of nitrogens with zero attached hydrogens (tertiary/aromatic N) is 4. The summed E-state index contributed by atoms with van der Waals surface area (Å²) < 4.78 is 1.91. The summed E-state index contributed by atoms with van der Waals surface area (Å²) in [4.78, 5) is 24.1. The molecule has 1 amide bonds. The molecule has 1 fully saturated rings. The molecule has 186 valence electrons. The smallest absolute Gasteiger partial charge is 0.254 e. The molecule has 1 saturated heterocycles. The number of nitrogens with one attached hydrogen (secondary N) is 1. The first-order valence-electron chi connectivity index (χ1n) is 12.0. The van der Waals surface area contributed by atoms with E-state index in [-0.39, 0.29) is 11.7 Å². The molecule has 0 spiro atoms. The number of rotatable bonds is 5. The lowest BCUT2D eigenvalue weighted by atomic mass is 9.96. The molecule has 0 aliphatic carbocycles. The molecule has 9 heteroatoms. The van der Waals surface area contributed by atoms with E-state index in [4.69, 9.17) is 17.3 Å². The van der Waals surface area contributed by atoms with Crippen LogP contribution in [0.2, 0.25) is 5.02 Å². The maximum absolute atomic E-state index is 13.1. The summed E-state index contributed by atoms with van der Waals surface area (Å²) in [7, 11) is 0. The second-order valence-electron chi connectivity index (χ2n) is 9.31. The predicted octanol–water partition coefficient (Wildman–Crippen LogP) is 4.93. The van der Waals surface area contributed by atoms with Gasteiger partial charge in [0.2, 0.25) is 0 Å². The van der Waals surface area contributed by atoms with Crippen LogP contribution in [-0.2, 0) is 0 Å². The van der Waals surface area contributed by atoms with Crippen molar-refractivity contribution in [3.8, 4) is 17.0 Å². The normalized spacial score (nSPS) is 14.4. The Hall–Kier alpha value is -3.62. The van der Waals surface area contributed by atoms with Gasteiger partial charge in [-0.2, -0.15) is 0 Å². The third kappa shape index (κ3) is 4.38. The number of anilines is 2. The molecule has 1 aliphatic heterocycles. The number of phenolic OH excluding ortho intramolecular Hbond substituents is 1. The summed E-state index contributed by atoms with van der Waals surface area (Å²) in [5, 5.41) is 13.8. The highest BCUT2D eigenvalue weighted by atomic mass is 35.5. The molecule has 2 aromatic carbocycles. The number of hydrogen-bond acceptors (Lipinski definition) is 6. The first-order valence-corrected chi connectivity index (χ1v) is 12.4. The van der Waals surface area contributed by atoms with Gasteiger partial charge in [0, 0.05) is 47.9 Å². The number of benzene rings is 2. The molecule has 0 atom stereocenters. The second-order valence-corrected chi connectivity index (χ2v) is 9.69. The van der Waals surface area contributed by atoms with Crippen molar-refractivity contribution in [3.05, 3.63) is 70.6 Å². The summed E-state index contributed by atoms with van der Waals surface area (Å²) in [6.07, 6.45) is 7.16. The Labute approximate surface area is 214 Å². The van der Waals surface area contributed by atoms with Crippen molar-refractivity contribution in [1.82, 2.24) is 19.3 Å². The minimum Gasteiger partial charge on any atom is -0.508 e. The number of fused-ring (bicyclic) bond motifs is 1. The van der Waals surface area contributed by atoms with Gasteiger partial charge in [-0.3, -0.25) is 9.20 Å². The number of aromatic hydroxyl groups is 1. The molecular formula is C27H29ClN6O2. The van der Waals surface area contributed by atoms with Crippen LogP contribution < -0.4 is 11.1 Å². The van der Waals surface area contributed by atoms with Gasteiger partial charge in [0.25, 0.3) is 5.91 Å². The molecule has 2 aromatic heterocycles. The molecule has 4 aromatic rings. The summed E-state index contributed by atoms with van der Waals surface area (Å²) >= 11 is 6.52. The number of carbonyl (C=O) groups excluding carboxylic acids is 1. The Morgan fingerprint density at radius 2 is 1.97 bits per heavy atom. The van der Waals surface area contributed by atoms with Gasteiger partial charge < -0.3 is 21.1 Å². The van der Waals surface area contributed by atoms with E-state index in [0.717, 1.165) is 48.4 Å². The van der Waals surface area contributed by atoms with Crippen LogP contribution in [0.4, 0.5) is 11.5 Å². The number of halogens is 1. The molecule has 36 heavy (non-hydrogen) atoms. The van der Waals surface area contributed by atoms with Crippen LogP contribution in [-0.4, -0.2) is 49.9 Å². The molecule has 0 radical (unpaired) electrons. The number of imidazole rings is 1. The predicted molar refractivity (Wildman–Crippen MR) is 142 cm³/mol. The summed E-state index contributed by atoms with van der Waals surface area (Å²) in [5.74, 6) is 1.31. The Bertz CT molecular complexity index is 1440. The topological polar surface area (TPSA) is 109 Å². The van der Waals surface area contributed by atoms with Crippen molar-refractivity contribution in [3.63, 3.8) is 0 Å². The van der Waals surface area contributed by atoms with Crippen LogP contribution in [0.15, 0.2) is 48.9 Å². The van der Waals surface area contributed by atoms with Gasteiger partial charge in [-0.05, 0) is 75.0 Å². The Morgan fingerprint density at radius 1 is 1.19 bits per heavy atom. The minimum absolute atomic E-state index is 0.0636. The molecule has 0 unspecified atom stereocenters. The van der Waals surface area contributed by atoms with Crippen LogP contribution >= 0.6 is 11.6 Å². The van der Waals surface area contributed by atoms with Crippen LogP contribution in [0.5, 0.6) is 5.75 Å². The Kier molecular flexibility index (Phi) is 6.55. The Balaban J connectivity index is 1.39. The molecule has 0 bridgehead atoms. The average molecular weight is 505 g/mol. The van der Waals surface area contributed by atoms with Crippen LogP contribution in [0.3, 0.4) is 0 Å². The van der Waals surface area contributed by atoms with Gasteiger partial charge in [-0.15, -0.1) is 0 Å². The van der Waals surface area contributed by atoms with Gasteiger partial charge >= 0.3 is 0 Å². The highest BCUT2D eigenvalue weighted by Gasteiger charge is 2.24. The lowest BCUT2D eigenvalue weighted by Gasteiger charge is -2.31. The third-order valence-corrected chi connectivity index (χ3v) is 7.50. The number of phenols is 1. The van der Waals surface area contributed by atoms with Crippen LogP contribution in [0, 0.1) is 19.8 Å². The molecular weight excluding hydrogens is 476 g/mol. The van der Waals surface area contributed by atoms with Crippen molar-refractivity contribution in [1.29, 1.82) is 0 Å². The van der Waals surface area contributed by atoms with Gasteiger partial charge in [0.1, 0.15) is 5.75 Å². The number of piperidine rings is 1. The average Bonchev–Trinajstić information content (AvgIpc) is 3.32. The Morgan fingerprint density at radius 3 is 2.69 bits per heavy atom. The zero-order chi connectivity index (χ0) is 25.4. The molecule has 3 heterocycles. The number of aryl methyl sites for hydroxylation is 1. The number of aromatic nitrogens is 3. The molecule has 4 N–H and O–H groups in total. The summed E-state index contributed by atoms with van der Waals surface area (Å²) in [6.45, 7) is 5.90. The maximum atomic E-state index is 13.1. The highest BCUT2D eigenvalue weighted by molar-refractivity contribution is 6.34. The van der Waals surface area contributed by atoms with E-state index in [0.29, 0.717) is 40.1 Å². The second kappa shape index (κ2) is 9.79. The quantitative estimate of drug-likeness (QED) is 0.355. The first kappa shape index (κ1) is 24.1. The van der Waals surface area contributed by atoms with E-state index in [1.165, 1.54) is 0 Å². The van der Waals surface area contributed by atoms with E-state index >= 15 is 0 Å². The largest absolute Gasteiger partial charge is 0.508 e. The van der Waals surface area contributed by atoms with Gasteiger partial charge in [0.05, 0.1) is 16.9 Å². The monoisotopic (exact) mass is 504 g/mol. The van der Waals surface area contributed by atoms with Crippen molar-refractivity contribution >= 4 is 34.7 Å². The fraction of sp³-hybridized carbons (Fsp3) is 0.296. The number of amides is 1. The van der Waals surface area contributed by atoms with Crippen molar-refractivity contribution in [2.75, 3.05) is 25.0 Å². The van der Waals surface area contributed by atoms with Crippen LogP contribution in [0.1, 0.15) is 34.3 Å². The number of carbonyl (C=O) groups is 1. The minimum atomic E-state index is 0.0636. The summed E-state index contributed by atoms with van der Waals surface area (Å²) in [5.41, 5.74) is 11.0. The van der Waals surface area contributed by atoms with Crippen molar-refractivity contribution < 1.29 is 9.90 Å². The van der Waals surface area contributed by atoms with Crippen LogP contribution in [0.25, 0.3) is 16.9 Å². The number of nitrogens with two attached hydrogens (primary N) is 1.